The molecule has 1 spiro atoms. The van der Waals surface area contributed by atoms with Gasteiger partial charge in [-0.1, -0.05) is 84.9 Å². The van der Waals surface area contributed by atoms with E-state index in [0.29, 0.717) is 12.1 Å². The first kappa shape index (κ1) is 14.8. The Labute approximate surface area is 175 Å². The topological polar surface area (TPSA) is 0 Å². The van der Waals surface area contributed by atoms with Crippen molar-refractivity contribution in [3.8, 4) is 22.3 Å². The Morgan fingerprint density at radius 2 is 0.966 bits per heavy atom. The minimum atomic E-state index is -0.200. The minimum absolute atomic E-state index is 0.200. The zero-order chi connectivity index (χ0) is 21.0. The van der Waals surface area contributed by atoms with Gasteiger partial charge in [-0.3, -0.25) is 0 Å². The third kappa shape index (κ3) is 2.59. The molecule has 0 fully saturated rings. The molecule has 2 aliphatic rings. The van der Waals surface area contributed by atoms with E-state index in [9.17, 15) is 2.74 Å². The molecule has 0 heterocycles. The van der Waals surface area contributed by atoms with E-state index in [2.05, 4.69) is 48.5 Å². The number of hydrogen-bond donors (Lipinski definition) is 0. The lowest BCUT2D eigenvalue weighted by Crippen LogP contribution is -2.21. The largest absolute Gasteiger partial charge is 0.0633 e. The van der Waals surface area contributed by atoms with Crippen molar-refractivity contribution in [3.63, 3.8) is 0 Å². The molecule has 0 unspecified atom stereocenters. The zero-order valence-electron chi connectivity index (χ0n) is 18.4. The van der Waals surface area contributed by atoms with E-state index in [0.717, 1.165) is 47.9 Å². The van der Waals surface area contributed by atoms with Crippen LogP contribution in [0.3, 0.4) is 0 Å². The summed E-state index contributed by atoms with van der Waals surface area (Å²) in [6.45, 7) is 0. The van der Waals surface area contributed by atoms with E-state index in [1.807, 2.05) is 36.4 Å². The first-order valence-electron chi connectivity index (χ1n) is 11.6. The molecule has 6 rings (SSSR count). The summed E-state index contributed by atoms with van der Waals surface area (Å²) in [5.41, 5.74) is 8.93. The quantitative estimate of drug-likeness (QED) is 0.348. The lowest BCUT2D eigenvalue weighted by atomic mass is 9.75. The molecule has 0 aromatic heterocycles. The van der Waals surface area contributed by atoms with Crippen molar-refractivity contribution in [3.05, 3.63) is 119 Å². The van der Waals surface area contributed by atoms with Gasteiger partial charge in [-0.15, -0.1) is 0 Å². The molecule has 0 saturated carbocycles. The monoisotopic (exact) mass is 374 g/mol. The van der Waals surface area contributed by atoms with Crippen LogP contribution in [0.15, 0.2) is 97.0 Å². The molecule has 2 aliphatic carbocycles. The van der Waals surface area contributed by atoms with E-state index in [1.165, 1.54) is 22.3 Å². The standard InChI is InChI=1S/C29H24/c1-3-7-21(8-4-1)25-13-11-23-15-17-29(27(23)19-25)18-16-24-12-14-26(20-28(24)29)22-9-5-2-6-10-22/h1-14,19-20H,15-18H2/i19D,20D. The lowest BCUT2D eigenvalue weighted by molar-refractivity contribution is 0.507. The molecule has 0 bridgehead atoms. The second-order valence-corrected chi connectivity index (χ2v) is 8.36. The highest BCUT2D eigenvalue weighted by Gasteiger charge is 2.44. The molecule has 0 atom stereocenters. The van der Waals surface area contributed by atoms with Gasteiger partial charge in [-0.25, -0.2) is 0 Å². The summed E-state index contributed by atoms with van der Waals surface area (Å²) in [4.78, 5) is 0. The highest BCUT2D eigenvalue weighted by atomic mass is 14.5. The van der Waals surface area contributed by atoms with Crippen LogP contribution in [0.5, 0.6) is 0 Å². The van der Waals surface area contributed by atoms with Crippen LogP contribution in [0, 0.1) is 0 Å². The normalized spacial score (nSPS) is 17.0. The van der Waals surface area contributed by atoms with Gasteiger partial charge < -0.3 is 0 Å². The maximum absolute atomic E-state index is 9.22. The van der Waals surface area contributed by atoms with Crippen LogP contribution in [0.25, 0.3) is 22.3 Å². The van der Waals surface area contributed by atoms with Crippen molar-refractivity contribution in [2.24, 2.45) is 0 Å². The number of rotatable bonds is 2. The van der Waals surface area contributed by atoms with Crippen molar-refractivity contribution >= 4 is 0 Å². The minimum Gasteiger partial charge on any atom is -0.0622 e. The fourth-order valence-corrected chi connectivity index (χ4v) is 5.34. The maximum Gasteiger partial charge on any atom is 0.0633 e. The molecule has 140 valence electrons. The van der Waals surface area contributed by atoms with Crippen LogP contribution in [0.2, 0.25) is 0 Å². The van der Waals surface area contributed by atoms with Gasteiger partial charge in [0.25, 0.3) is 0 Å². The van der Waals surface area contributed by atoms with Crippen LogP contribution >= 0.6 is 0 Å². The molecule has 0 nitrogen and oxygen atoms in total. The lowest BCUT2D eigenvalue weighted by Gasteiger charge is -2.27. The smallest absolute Gasteiger partial charge is 0.0622 e. The molecule has 0 saturated heterocycles. The van der Waals surface area contributed by atoms with Gasteiger partial charge in [0.05, 0.1) is 2.74 Å². The fourth-order valence-electron chi connectivity index (χ4n) is 5.34. The van der Waals surface area contributed by atoms with Crippen molar-refractivity contribution in [1.29, 1.82) is 0 Å². The van der Waals surface area contributed by atoms with Gasteiger partial charge in [0.2, 0.25) is 0 Å². The number of benzene rings is 4. The van der Waals surface area contributed by atoms with E-state index in [-0.39, 0.29) is 5.41 Å². The predicted molar refractivity (Wildman–Crippen MR) is 121 cm³/mol. The van der Waals surface area contributed by atoms with Crippen molar-refractivity contribution in [1.82, 2.24) is 0 Å². The van der Waals surface area contributed by atoms with E-state index < -0.39 is 0 Å². The third-order valence-electron chi connectivity index (χ3n) is 6.83. The molecule has 0 amide bonds. The summed E-state index contributed by atoms with van der Waals surface area (Å²) in [6, 6.07) is 30.6. The Kier molecular flexibility index (Phi) is 3.30. The second-order valence-electron chi connectivity index (χ2n) is 8.36. The summed E-state index contributed by atoms with van der Waals surface area (Å²) in [5, 5.41) is 0. The van der Waals surface area contributed by atoms with Gasteiger partial charge in [0.1, 0.15) is 0 Å². The summed E-state index contributed by atoms with van der Waals surface area (Å²) in [7, 11) is 0. The molecule has 0 aliphatic heterocycles. The molecule has 0 radical (unpaired) electrons. The molecular weight excluding hydrogens is 348 g/mol. The van der Waals surface area contributed by atoms with Gasteiger partial charge >= 0.3 is 0 Å². The maximum atomic E-state index is 9.22. The predicted octanol–water partition coefficient (Wildman–Crippen LogP) is 7.20. The average molecular weight is 375 g/mol. The average Bonchev–Trinajstić information content (AvgIpc) is 3.38. The fraction of sp³-hybridized carbons (Fsp3) is 0.172. The van der Waals surface area contributed by atoms with Crippen LogP contribution in [0.1, 0.15) is 37.8 Å². The highest BCUT2D eigenvalue weighted by Crippen LogP contribution is 2.53. The van der Waals surface area contributed by atoms with Gasteiger partial charge in [-0.2, -0.15) is 0 Å². The van der Waals surface area contributed by atoms with Crippen LogP contribution in [0.4, 0.5) is 0 Å². The Morgan fingerprint density at radius 1 is 0.517 bits per heavy atom. The zero-order valence-corrected chi connectivity index (χ0v) is 16.4. The van der Waals surface area contributed by atoms with E-state index >= 15 is 0 Å². The number of aryl methyl sites for hydroxylation is 2. The summed E-state index contributed by atoms with van der Waals surface area (Å²) >= 11 is 0. The van der Waals surface area contributed by atoms with Gasteiger partial charge in [0.15, 0.2) is 0 Å². The number of fused-ring (bicyclic) bond motifs is 4. The first-order chi connectivity index (χ1) is 15.2. The summed E-state index contributed by atoms with van der Waals surface area (Å²) in [5.74, 6) is 0. The van der Waals surface area contributed by atoms with Gasteiger partial charge in [0, 0.05) is 5.41 Å². The second kappa shape index (κ2) is 6.46. The molecular formula is C29H24. The number of hydrogen-bond acceptors (Lipinski definition) is 0. The van der Waals surface area contributed by atoms with Crippen LogP contribution in [-0.4, -0.2) is 0 Å². The Balaban J connectivity index is 1.58. The Morgan fingerprint density at radius 3 is 1.41 bits per heavy atom. The van der Waals surface area contributed by atoms with Crippen LogP contribution in [-0.2, 0) is 18.3 Å². The highest BCUT2D eigenvalue weighted by molar-refractivity contribution is 5.70. The first-order valence-corrected chi connectivity index (χ1v) is 10.6. The van der Waals surface area contributed by atoms with Crippen molar-refractivity contribution < 1.29 is 2.74 Å². The van der Waals surface area contributed by atoms with Crippen molar-refractivity contribution in [2.45, 2.75) is 31.1 Å². The SMILES string of the molecule is [2H]c1c(-c2ccccc2)ccc2c1C1(CC2)CCc2ccc(-c3ccccc3)c([2H])c21. The van der Waals surface area contributed by atoms with Crippen molar-refractivity contribution in [2.75, 3.05) is 0 Å². The summed E-state index contributed by atoms with van der Waals surface area (Å²) in [6.07, 6.45) is 3.99. The Hall–Kier alpha value is -3.12. The molecule has 0 N–H and O–H groups in total. The van der Waals surface area contributed by atoms with E-state index in [1.54, 1.807) is 0 Å². The van der Waals surface area contributed by atoms with Gasteiger partial charge in [-0.05, 0) is 82.3 Å². The molecule has 4 aromatic carbocycles. The Bertz CT molecular complexity index is 1190. The molecule has 29 heavy (non-hydrogen) atoms. The van der Waals surface area contributed by atoms with E-state index in [4.69, 9.17) is 0 Å². The third-order valence-corrected chi connectivity index (χ3v) is 6.83. The summed E-state index contributed by atoms with van der Waals surface area (Å²) < 4.78 is 18.4. The molecule has 4 aromatic rings. The molecule has 0 heteroatoms. The van der Waals surface area contributed by atoms with Crippen LogP contribution < -0.4 is 0 Å².